The predicted octanol–water partition coefficient (Wildman–Crippen LogP) is 7.42. The molecule has 0 fully saturated rings. The summed E-state index contributed by atoms with van der Waals surface area (Å²) < 4.78 is 229. The molecule has 0 spiro atoms. The van der Waals surface area contributed by atoms with Crippen molar-refractivity contribution in [2.24, 2.45) is 0 Å². The lowest BCUT2D eigenvalue weighted by molar-refractivity contribution is -0.461. The summed E-state index contributed by atoms with van der Waals surface area (Å²) in [5.41, 5.74) is -0.715. The fourth-order valence-corrected chi connectivity index (χ4v) is 2.58. The van der Waals surface area contributed by atoms with Crippen LogP contribution in [0.15, 0.2) is 24.3 Å². The van der Waals surface area contributed by atoms with Crippen molar-refractivity contribution in [3.63, 3.8) is 0 Å². The van der Waals surface area contributed by atoms with Gasteiger partial charge in [0.2, 0.25) is 0 Å². The van der Waals surface area contributed by atoms with E-state index in [9.17, 15) is 79.4 Å². The van der Waals surface area contributed by atoms with Crippen LogP contribution in [0.5, 0.6) is 0 Å². The fraction of sp³-hybridized carbons (Fsp3) is 0.611. The number of rotatable bonds is 10. The lowest BCUT2D eigenvalue weighted by Gasteiger charge is -2.42. The molecule has 0 unspecified atom stereocenters. The van der Waals surface area contributed by atoms with E-state index in [4.69, 9.17) is 0 Å². The number of alkyl halides is 17. The minimum Gasteiger partial charge on any atom is -0.465 e. The summed E-state index contributed by atoms with van der Waals surface area (Å²) in [5, 5.41) is 0. The highest BCUT2D eigenvalue weighted by atomic mass is 19.4. The molecule has 1 aromatic carbocycles. The van der Waals surface area contributed by atoms with Gasteiger partial charge < -0.3 is 4.74 Å². The first-order valence-corrected chi connectivity index (χ1v) is 9.06. The lowest BCUT2D eigenvalue weighted by atomic mass is 9.87. The number of aryl methyl sites for hydroxylation is 1. The van der Waals surface area contributed by atoms with E-state index in [2.05, 4.69) is 4.74 Å². The van der Waals surface area contributed by atoms with Crippen LogP contribution in [0, 0.1) is 0 Å². The summed E-state index contributed by atoms with van der Waals surface area (Å²) in [4.78, 5) is 11.2. The Morgan fingerprint density at radius 2 is 0.946 bits per heavy atom. The van der Waals surface area contributed by atoms with Gasteiger partial charge in [-0.25, -0.2) is 4.79 Å². The highest BCUT2D eigenvalue weighted by Crippen LogP contribution is 2.64. The maximum atomic E-state index is 13.9. The highest BCUT2D eigenvalue weighted by molar-refractivity contribution is 5.89. The van der Waals surface area contributed by atoms with E-state index in [1.807, 2.05) is 0 Å². The zero-order valence-electron chi connectivity index (χ0n) is 17.5. The molecule has 37 heavy (non-hydrogen) atoms. The largest absolute Gasteiger partial charge is 0.465 e. The van der Waals surface area contributed by atoms with Crippen molar-refractivity contribution in [3.05, 3.63) is 35.4 Å². The second-order valence-corrected chi connectivity index (χ2v) is 7.34. The molecule has 19 heteroatoms. The van der Waals surface area contributed by atoms with Gasteiger partial charge in [0.15, 0.2) is 0 Å². The van der Waals surface area contributed by atoms with Gasteiger partial charge in [-0.1, -0.05) is 12.1 Å². The molecule has 0 aliphatic rings. The summed E-state index contributed by atoms with van der Waals surface area (Å²) in [5.74, 6) is -57.4. The molecule has 0 aliphatic carbocycles. The predicted molar refractivity (Wildman–Crippen MR) is 86.8 cm³/mol. The average Bonchev–Trinajstić information content (AvgIpc) is 2.75. The van der Waals surface area contributed by atoms with E-state index in [0.717, 1.165) is 31.4 Å². The molecule has 0 aliphatic heterocycles. The Kier molecular flexibility index (Phi) is 8.22. The molecule has 0 saturated heterocycles. The van der Waals surface area contributed by atoms with Crippen molar-refractivity contribution < 1.29 is 84.2 Å². The molecule has 2 nitrogen and oxygen atoms in total. The Bertz CT molecular complexity index is 963. The van der Waals surface area contributed by atoms with Gasteiger partial charge in [0, 0.05) is 6.42 Å². The van der Waals surface area contributed by atoms with Crippen molar-refractivity contribution in [3.8, 4) is 0 Å². The number of carbonyl (C=O) groups excluding carboxylic acids is 1. The van der Waals surface area contributed by atoms with Gasteiger partial charge >= 0.3 is 53.6 Å². The van der Waals surface area contributed by atoms with Crippen LogP contribution in [0.3, 0.4) is 0 Å². The monoisotopic (exact) mass is 582 g/mol. The molecule has 1 aromatic rings. The Morgan fingerprint density at radius 3 is 1.30 bits per heavy atom. The Balaban J connectivity index is 3.39. The number of hydrogen-bond donors (Lipinski definition) is 0. The van der Waals surface area contributed by atoms with Gasteiger partial charge in [-0.2, -0.15) is 74.6 Å². The quantitative estimate of drug-likeness (QED) is 0.212. The van der Waals surface area contributed by atoms with E-state index in [0.29, 0.717) is 0 Å². The van der Waals surface area contributed by atoms with Crippen LogP contribution in [0.1, 0.15) is 22.3 Å². The smallest absolute Gasteiger partial charge is 0.460 e. The van der Waals surface area contributed by atoms with Crippen LogP contribution in [0.25, 0.3) is 0 Å². The Labute approximate surface area is 194 Å². The number of ether oxygens (including phenoxy) is 1. The first kappa shape index (κ1) is 32.5. The molecular weight excluding hydrogens is 571 g/mol. The third-order valence-corrected chi connectivity index (χ3v) is 4.89. The van der Waals surface area contributed by atoms with Crippen LogP contribution in [0.2, 0.25) is 0 Å². The van der Waals surface area contributed by atoms with E-state index in [1.165, 1.54) is 0 Å². The molecular formula is C18H11F17O2. The summed E-state index contributed by atoms with van der Waals surface area (Å²) in [6, 6.07) is 3.18. The molecule has 1 rings (SSSR count). The maximum absolute atomic E-state index is 13.9. The number of halogens is 17. The molecule has 0 N–H and O–H groups in total. The van der Waals surface area contributed by atoms with Crippen molar-refractivity contribution in [1.29, 1.82) is 0 Å². The molecule has 0 heterocycles. The number of esters is 1. The van der Waals surface area contributed by atoms with Gasteiger partial charge in [-0.3, -0.25) is 0 Å². The second-order valence-electron chi connectivity index (χ2n) is 7.34. The van der Waals surface area contributed by atoms with Crippen LogP contribution in [-0.4, -0.2) is 60.7 Å². The van der Waals surface area contributed by atoms with E-state index >= 15 is 0 Å². The van der Waals surface area contributed by atoms with Gasteiger partial charge in [-0.05, 0) is 24.1 Å². The molecule has 0 amide bonds. The zero-order chi connectivity index (χ0) is 29.7. The number of hydrogen-bond acceptors (Lipinski definition) is 2. The molecule has 214 valence electrons. The summed E-state index contributed by atoms with van der Waals surface area (Å²) >= 11 is 0. The summed E-state index contributed by atoms with van der Waals surface area (Å²) in [6.07, 6.45) is -11.8. The average molecular weight is 582 g/mol. The van der Waals surface area contributed by atoms with Gasteiger partial charge in [0.1, 0.15) is 0 Å². The maximum Gasteiger partial charge on any atom is 0.460 e. The van der Waals surface area contributed by atoms with E-state index in [1.54, 1.807) is 0 Å². The molecule has 0 aromatic heterocycles. The summed E-state index contributed by atoms with van der Waals surface area (Å²) in [7, 11) is 0.915. The standard InChI is InChI=1S/C18H11F17O2/c1-37-10(36)9-4-2-8(3-5-9)6-7-11(19,20)12(21,22)13(23,24)14(25,26)15(27,28)16(29,30)17(31,32)18(33,34)35/h2-5H,6-7H2,1H3. The van der Waals surface area contributed by atoms with E-state index in [-0.39, 0.29) is 5.56 Å². The SMILES string of the molecule is COC(=O)c1ccc(CCC(F)(F)C(F)(F)C(F)(F)C(F)(F)C(F)(F)C(F)(F)C(F)(F)C(F)(F)F)cc1. The number of benzene rings is 1. The third-order valence-electron chi connectivity index (χ3n) is 4.89. The van der Waals surface area contributed by atoms with Crippen molar-refractivity contribution in [2.45, 2.75) is 60.5 Å². The number of methoxy groups -OCH3 is 1. The van der Waals surface area contributed by atoms with Gasteiger partial charge in [-0.15, -0.1) is 0 Å². The highest BCUT2D eigenvalue weighted by Gasteiger charge is 2.95. The first-order chi connectivity index (χ1) is 16.2. The van der Waals surface area contributed by atoms with Crippen molar-refractivity contribution >= 4 is 5.97 Å². The molecule has 0 bridgehead atoms. The Hall–Kier alpha value is -2.50. The third kappa shape index (κ3) is 4.88. The van der Waals surface area contributed by atoms with Crippen molar-refractivity contribution in [2.75, 3.05) is 7.11 Å². The van der Waals surface area contributed by atoms with Gasteiger partial charge in [0.05, 0.1) is 12.7 Å². The fourth-order valence-electron chi connectivity index (χ4n) is 2.58. The Morgan fingerprint density at radius 1 is 0.595 bits per heavy atom. The minimum atomic E-state index is -8.65. The first-order valence-electron chi connectivity index (χ1n) is 9.06. The second kappa shape index (κ2) is 9.36. The number of carbonyl (C=O) groups is 1. The van der Waals surface area contributed by atoms with Crippen LogP contribution in [-0.2, 0) is 11.2 Å². The summed E-state index contributed by atoms with van der Waals surface area (Å²) in [6.45, 7) is 0. The molecule has 0 atom stereocenters. The molecule has 0 radical (unpaired) electrons. The minimum absolute atomic E-state index is 0.242. The van der Waals surface area contributed by atoms with E-state index < -0.39 is 72.0 Å². The normalized spacial score (nSPS) is 15.1. The van der Waals surface area contributed by atoms with Crippen molar-refractivity contribution in [1.82, 2.24) is 0 Å². The lowest BCUT2D eigenvalue weighted by Crippen LogP contribution is -2.74. The van der Waals surface area contributed by atoms with Crippen LogP contribution in [0.4, 0.5) is 74.6 Å². The van der Waals surface area contributed by atoms with Crippen LogP contribution >= 0.6 is 0 Å². The van der Waals surface area contributed by atoms with Crippen LogP contribution < -0.4 is 0 Å². The topological polar surface area (TPSA) is 26.3 Å². The molecule has 0 saturated carbocycles. The van der Waals surface area contributed by atoms with Gasteiger partial charge in [0.25, 0.3) is 0 Å². The zero-order valence-corrected chi connectivity index (χ0v) is 17.5.